The molecule has 0 amide bonds. The number of carbonyl (C=O) groups is 2. The molecule has 5 N–H and O–H groups in total. The summed E-state index contributed by atoms with van der Waals surface area (Å²) in [6.07, 6.45) is 0.789. The van der Waals surface area contributed by atoms with Gasteiger partial charge >= 0.3 is 11.9 Å². The van der Waals surface area contributed by atoms with Crippen LogP contribution in [-0.2, 0) is 9.59 Å². The fraction of sp³-hybridized carbons (Fsp3) is 0. The molecule has 0 aliphatic rings. The van der Waals surface area contributed by atoms with Crippen molar-refractivity contribution >= 4 is 23.3 Å². The van der Waals surface area contributed by atoms with E-state index in [0.717, 1.165) is 12.3 Å². The minimum absolute atomic E-state index is 0.129. The molecule has 1 aromatic rings. The number of rotatable bonds is 4. The molecule has 17 heavy (non-hydrogen) atoms. The molecular weight excluding hydrogens is 231 g/mol. The number of nitrogen functional groups attached to an aromatic ring is 1. The van der Waals surface area contributed by atoms with Gasteiger partial charge in [-0.1, -0.05) is 0 Å². The first kappa shape index (κ1) is 12.5. The first-order chi connectivity index (χ1) is 7.91. The lowest BCUT2D eigenvalue weighted by molar-refractivity contribution is -0.140. The number of benzene rings is 1. The SMILES string of the molecule is Nc1cc(NC=C(C(=O)O)C(=O)O)ccc1F. The van der Waals surface area contributed by atoms with Gasteiger partial charge in [-0.25, -0.2) is 14.0 Å². The van der Waals surface area contributed by atoms with E-state index in [1.807, 2.05) is 0 Å². The fourth-order valence-electron chi connectivity index (χ4n) is 1.00. The van der Waals surface area contributed by atoms with Gasteiger partial charge in [0.2, 0.25) is 0 Å². The van der Waals surface area contributed by atoms with Crippen LogP contribution in [0.3, 0.4) is 0 Å². The molecule has 1 aromatic carbocycles. The van der Waals surface area contributed by atoms with Crippen molar-refractivity contribution in [1.82, 2.24) is 0 Å². The molecule has 0 bridgehead atoms. The second-order valence-electron chi connectivity index (χ2n) is 3.05. The Morgan fingerprint density at radius 2 is 1.88 bits per heavy atom. The molecular formula is C10H9FN2O4. The first-order valence-corrected chi connectivity index (χ1v) is 4.40. The van der Waals surface area contributed by atoms with Gasteiger partial charge in [0, 0.05) is 11.9 Å². The van der Waals surface area contributed by atoms with E-state index in [1.165, 1.54) is 12.1 Å². The Balaban J connectivity index is 2.91. The van der Waals surface area contributed by atoms with Crippen molar-refractivity contribution in [1.29, 1.82) is 0 Å². The van der Waals surface area contributed by atoms with Crippen molar-refractivity contribution in [2.24, 2.45) is 0 Å². The number of aliphatic carboxylic acids is 2. The van der Waals surface area contributed by atoms with Gasteiger partial charge in [-0.05, 0) is 18.2 Å². The summed E-state index contributed by atoms with van der Waals surface area (Å²) in [5, 5.41) is 19.5. The highest BCUT2D eigenvalue weighted by Gasteiger charge is 2.15. The highest BCUT2D eigenvalue weighted by atomic mass is 19.1. The number of hydrogen-bond acceptors (Lipinski definition) is 4. The zero-order valence-electron chi connectivity index (χ0n) is 8.48. The maximum atomic E-state index is 12.8. The number of carboxylic acid groups (broad SMARTS) is 2. The molecule has 0 unspecified atom stereocenters. The fourth-order valence-corrected chi connectivity index (χ4v) is 1.00. The molecule has 0 fully saturated rings. The van der Waals surface area contributed by atoms with Crippen molar-refractivity contribution in [2.75, 3.05) is 11.1 Å². The molecule has 6 nitrogen and oxygen atoms in total. The Morgan fingerprint density at radius 3 is 2.35 bits per heavy atom. The highest BCUT2D eigenvalue weighted by Crippen LogP contribution is 2.16. The number of halogens is 1. The van der Waals surface area contributed by atoms with Crippen molar-refractivity contribution < 1.29 is 24.2 Å². The molecule has 0 heterocycles. The van der Waals surface area contributed by atoms with Crippen LogP contribution in [0.1, 0.15) is 0 Å². The first-order valence-electron chi connectivity index (χ1n) is 4.40. The second-order valence-corrected chi connectivity index (χ2v) is 3.05. The minimum atomic E-state index is -1.58. The molecule has 0 aliphatic heterocycles. The molecule has 0 aromatic heterocycles. The summed E-state index contributed by atoms with van der Waals surface area (Å²) >= 11 is 0. The molecule has 0 radical (unpaired) electrons. The van der Waals surface area contributed by atoms with Crippen LogP contribution in [0.4, 0.5) is 15.8 Å². The lowest BCUT2D eigenvalue weighted by Gasteiger charge is -2.03. The number of carboxylic acids is 2. The van der Waals surface area contributed by atoms with E-state index in [4.69, 9.17) is 15.9 Å². The van der Waals surface area contributed by atoms with Gasteiger partial charge < -0.3 is 21.3 Å². The van der Waals surface area contributed by atoms with Crippen LogP contribution in [0.2, 0.25) is 0 Å². The zero-order chi connectivity index (χ0) is 13.0. The van der Waals surface area contributed by atoms with Crippen molar-refractivity contribution in [3.05, 3.63) is 35.8 Å². The molecule has 90 valence electrons. The second kappa shape index (κ2) is 4.97. The maximum absolute atomic E-state index is 12.8. The van der Waals surface area contributed by atoms with Gasteiger partial charge in [-0.15, -0.1) is 0 Å². The summed E-state index contributed by atoms with van der Waals surface area (Å²) in [6, 6.07) is 3.59. The zero-order valence-corrected chi connectivity index (χ0v) is 8.48. The Labute approximate surface area is 95.2 Å². The Morgan fingerprint density at radius 1 is 1.29 bits per heavy atom. The van der Waals surface area contributed by atoms with Gasteiger partial charge in [-0.2, -0.15) is 0 Å². The van der Waals surface area contributed by atoms with Crippen LogP contribution >= 0.6 is 0 Å². The van der Waals surface area contributed by atoms with Crippen molar-refractivity contribution in [3.8, 4) is 0 Å². The van der Waals surface area contributed by atoms with Crippen LogP contribution in [0.5, 0.6) is 0 Å². The van der Waals surface area contributed by atoms with Crippen LogP contribution in [0.25, 0.3) is 0 Å². The van der Waals surface area contributed by atoms with E-state index in [2.05, 4.69) is 5.32 Å². The number of hydrogen-bond donors (Lipinski definition) is 4. The van der Waals surface area contributed by atoms with Crippen LogP contribution in [0, 0.1) is 5.82 Å². The maximum Gasteiger partial charge on any atom is 0.344 e. The number of anilines is 2. The number of nitrogens with two attached hydrogens (primary N) is 1. The average Bonchev–Trinajstić information content (AvgIpc) is 2.22. The van der Waals surface area contributed by atoms with E-state index in [1.54, 1.807) is 0 Å². The molecule has 0 aliphatic carbocycles. The van der Waals surface area contributed by atoms with Gasteiger partial charge in [-0.3, -0.25) is 0 Å². The quantitative estimate of drug-likeness (QED) is 0.269. The normalized spacial score (nSPS) is 9.47. The van der Waals surface area contributed by atoms with Gasteiger partial charge in [0.05, 0.1) is 5.69 Å². The summed E-state index contributed by atoms with van der Waals surface area (Å²) in [4.78, 5) is 21.0. The third kappa shape index (κ3) is 3.20. The molecule has 0 saturated carbocycles. The standard InChI is InChI=1S/C10H9FN2O4/c11-7-2-1-5(3-8(7)12)13-4-6(9(14)15)10(16)17/h1-4,13H,12H2,(H,14,15)(H,16,17). The minimum Gasteiger partial charge on any atom is -0.477 e. The summed E-state index contributed by atoms with van der Waals surface area (Å²) in [5.74, 6) is -3.78. The lowest BCUT2D eigenvalue weighted by Crippen LogP contribution is -2.12. The lowest BCUT2D eigenvalue weighted by atomic mass is 10.2. The summed E-state index contributed by atoms with van der Waals surface area (Å²) in [6.45, 7) is 0. The van der Waals surface area contributed by atoms with Gasteiger partial charge in [0.1, 0.15) is 5.82 Å². The molecule has 0 saturated heterocycles. The van der Waals surface area contributed by atoms with Crippen molar-refractivity contribution in [3.63, 3.8) is 0 Å². The smallest absolute Gasteiger partial charge is 0.344 e. The van der Waals surface area contributed by atoms with Gasteiger partial charge in [0.25, 0.3) is 0 Å². The third-order valence-corrected chi connectivity index (χ3v) is 1.84. The number of nitrogens with one attached hydrogen (secondary N) is 1. The van der Waals surface area contributed by atoms with E-state index in [0.29, 0.717) is 0 Å². The van der Waals surface area contributed by atoms with E-state index < -0.39 is 23.3 Å². The molecule has 7 heteroatoms. The molecule has 0 spiro atoms. The average molecular weight is 240 g/mol. The Kier molecular flexibility index (Phi) is 3.66. The monoisotopic (exact) mass is 240 g/mol. The largest absolute Gasteiger partial charge is 0.477 e. The summed E-state index contributed by atoms with van der Waals surface area (Å²) in [7, 11) is 0. The predicted molar refractivity (Wildman–Crippen MR) is 57.8 cm³/mol. The van der Waals surface area contributed by atoms with Crippen LogP contribution < -0.4 is 11.1 Å². The van der Waals surface area contributed by atoms with E-state index >= 15 is 0 Å². The Hall–Kier alpha value is -2.57. The summed E-state index contributed by atoms with van der Waals surface area (Å²) in [5.41, 5.74) is 4.59. The highest BCUT2D eigenvalue weighted by molar-refractivity contribution is 6.12. The topological polar surface area (TPSA) is 113 Å². The van der Waals surface area contributed by atoms with E-state index in [9.17, 15) is 14.0 Å². The molecule has 1 rings (SSSR count). The van der Waals surface area contributed by atoms with Crippen LogP contribution in [0.15, 0.2) is 30.0 Å². The summed E-state index contributed by atoms with van der Waals surface area (Å²) < 4.78 is 12.8. The van der Waals surface area contributed by atoms with Gasteiger partial charge in [0.15, 0.2) is 5.57 Å². The predicted octanol–water partition coefficient (Wildman–Crippen LogP) is 0.873. The third-order valence-electron chi connectivity index (χ3n) is 1.84. The molecule has 0 atom stereocenters. The van der Waals surface area contributed by atoms with E-state index in [-0.39, 0.29) is 11.4 Å². The van der Waals surface area contributed by atoms with Crippen molar-refractivity contribution in [2.45, 2.75) is 0 Å². The Bertz CT molecular complexity index is 483. The van der Waals surface area contributed by atoms with Crippen LogP contribution in [-0.4, -0.2) is 22.2 Å².